The molecule has 0 aliphatic rings. The molecule has 8 nitrogen and oxygen atoms in total. The number of carboxylic acid groups (broad SMARTS) is 4. The van der Waals surface area contributed by atoms with Gasteiger partial charge in [-0.25, -0.2) is 0 Å². The van der Waals surface area contributed by atoms with E-state index in [0.717, 1.165) is 51.4 Å². The van der Waals surface area contributed by atoms with E-state index in [1.165, 1.54) is 205 Å². The molecule has 0 bridgehead atoms. The number of rotatable bonds is 46. The summed E-state index contributed by atoms with van der Waals surface area (Å²) in [6.45, 7) is 13.5. The van der Waals surface area contributed by atoms with E-state index in [0.29, 0.717) is 0 Å². The number of carbonyl (C=O) groups excluding carboxylic acids is 4. The average molecular weight is 1090 g/mol. The van der Waals surface area contributed by atoms with Crippen LogP contribution in [-0.4, -0.2) is 45.0 Å². The van der Waals surface area contributed by atoms with E-state index in [1.807, 2.05) is 0 Å². The Morgan fingerprint density at radius 1 is 0.242 bits per heavy atom. The van der Waals surface area contributed by atoms with Crippen molar-refractivity contribution in [1.29, 1.82) is 0 Å². The Morgan fingerprint density at radius 3 is 0.515 bits per heavy atom. The fraction of sp³-hybridized carbons (Fsp3) is 0.929. The van der Waals surface area contributed by atoms with E-state index in [2.05, 4.69) is 41.5 Å². The maximum atomic E-state index is 10.1. The zero-order valence-corrected chi connectivity index (χ0v) is 48.5. The molecule has 66 heavy (non-hydrogen) atoms. The standard InChI is InChI=1S/4C12H24O2.2C4H9.Co.Sn/c4*1-2-3-4-5-6-7-8-9-10-11-12(13)14;2*1-3-4-2;;/h4*2-11H2,1H3,(H,13,14);2*1,3-4H2,2H3;;/q;;;;;;2*+2/p-4. The van der Waals surface area contributed by atoms with Crippen LogP contribution in [0.4, 0.5) is 0 Å². The van der Waals surface area contributed by atoms with Gasteiger partial charge in [0.05, 0.1) is 0 Å². The van der Waals surface area contributed by atoms with Gasteiger partial charge in [-0.2, -0.15) is 0 Å². The van der Waals surface area contributed by atoms with Crippen molar-refractivity contribution in [2.75, 3.05) is 0 Å². The number of unbranched alkanes of at least 4 members (excludes halogenated alkanes) is 34. The second kappa shape index (κ2) is 75.7. The summed E-state index contributed by atoms with van der Waals surface area (Å²) in [4.78, 5) is 40.4. The topological polar surface area (TPSA) is 161 Å². The van der Waals surface area contributed by atoms with Gasteiger partial charge in [0.1, 0.15) is 0 Å². The van der Waals surface area contributed by atoms with E-state index in [9.17, 15) is 39.6 Å². The first-order chi connectivity index (χ1) is 31.5. The van der Waals surface area contributed by atoms with Crippen LogP contribution in [0, 0.1) is 0 Å². The second-order valence-electron chi connectivity index (χ2n) is 18.3. The Hall–Kier alpha value is -0.815. The molecule has 0 aliphatic carbocycles. The smallest absolute Gasteiger partial charge is 2.00 e. The molecule has 0 aromatic heterocycles. The summed E-state index contributed by atoms with van der Waals surface area (Å²) in [5, 5.41) is 40.4. The maximum absolute atomic E-state index is 10.1. The van der Waals surface area contributed by atoms with Crippen LogP contribution in [0.3, 0.4) is 0 Å². The molecule has 395 valence electrons. The van der Waals surface area contributed by atoms with Gasteiger partial charge in [0.2, 0.25) is 0 Å². The molecule has 0 aromatic carbocycles. The summed E-state index contributed by atoms with van der Waals surface area (Å²) in [5.41, 5.74) is 0. The Labute approximate surface area is 431 Å². The van der Waals surface area contributed by atoms with Gasteiger partial charge in [0, 0.05) is 23.9 Å². The number of hydrogen-bond donors (Lipinski definition) is 0. The number of carbonyl (C=O) groups is 4. The van der Waals surface area contributed by atoms with E-state index < -0.39 is 23.9 Å². The molecule has 0 rings (SSSR count). The molecule has 0 N–H and O–H groups in total. The molecular weight excluding hydrogens is 978 g/mol. The molecular formula is C56H110CoO8Sn. The molecule has 0 saturated heterocycles. The van der Waals surface area contributed by atoms with Crippen LogP contribution >= 0.6 is 0 Å². The van der Waals surface area contributed by atoms with Crippen molar-refractivity contribution in [1.82, 2.24) is 0 Å². The minimum Gasteiger partial charge on any atom is 2.00 e. The van der Waals surface area contributed by atoms with E-state index in [-0.39, 0.29) is 63.6 Å². The zero-order valence-electron chi connectivity index (χ0n) is 44.6. The van der Waals surface area contributed by atoms with E-state index in [1.54, 1.807) is 8.87 Å². The molecule has 0 heterocycles. The van der Waals surface area contributed by atoms with Crippen LogP contribution in [0.2, 0.25) is 8.87 Å². The minimum absolute atomic E-state index is 0. The zero-order chi connectivity index (χ0) is 49.5. The fourth-order valence-corrected chi connectivity index (χ4v) is 11.2. The van der Waals surface area contributed by atoms with Crippen LogP contribution in [0.1, 0.15) is 324 Å². The molecule has 10 heteroatoms. The van der Waals surface area contributed by atoms with Gasteiger partial charge in [-0.05, 0) is 51.4 Å². The Bertz CT molecular complexity index is 773. The molecule has 0 fully saturated rings. The van der Waals surface area contributed by atoms with E-state index in [4.69, 9.17) is 0 Å². The summed E-state index contributed by atoms with van der Waals surface area (Å²) in [7, 11) is 0. The van der Waals surface area contributed by atoms with Gasteiger partial charge < -0.3 is 39.6 Å². The molecule has 0 aliphatic heterocycles. The first-order valence-electron chi connectivity index (χ1n) is 28.0. The van der Waals surface area contributed by atoms with Gasteiger partial charge in [0.15, 0.2) is 0 Å². The van der Waals surface area contributed by atoms with Crippen LogP contribution < -0.4 is 20.4 Å². The van der Waals surface area contributed by atoms with Gasteiger partial charge in [-0.1, -0.05) is 233 Å². The molecule has 0 aromatic rings. The summed E-state index contributed by atoms with van der Waals surface area (Å²) < 4.78 is 3.25. The largest absolute Gasteiger partial charge is 2.00 e. The maximum Gasteiger partial charge on any atom is 2.00 e. The summed E-state index contributed by atoms with van der Waals surface area (Å²) in [6.07, 6.45) is 50.5. The fourth-order valence-electron chi connectivity index (χ4n) is 7.05. The molecule has 1 radical (unpaired) electrons. The first-order valence-corrected chi connectivity index (χ1v) is 32.0. The third-order valence-corrected chi connectivity index (χ3v) is 15.4. The van der Waals surface area contributed by atoms with Crippen molar-refractivity contribution in [2.24, 2.45) is 0 Å². The SMILES string of the molecule is CCCCCCCCCCCC(=O)[O-].CCCCCCCCCCCC(=O)[O-].CCCCCCCCCCCC(=O)[O-].CCCCCCCCCCCC(=O)[O-].CCC[CH2][Sn+2][CH2]CCC.[Co+2]. The quantitative estimate of drug-likeness (QED) is 0.0430. The average Bonchev–Trinajstić information content (AvgIpc) is 3.27. The van der Waals surface area contributed by atoms with Crippen LogP contribution in [0.15, 0.2) is 0 Å². The minimum atomic E-state index is -0.909. The molecule has 0 saturated carbocycles. The van der Waals surface area contributed by atoms with Crippen molar-refractivity contribution < 1.29 is 56.4 Å². The molecule has 0 spiro atoms. The van der Waals surface area contributed by atoms with Crippen molar-refractivity contribution in [2.45, 2.75) is 333 Å². The summed E-state index contributed by atoms with van der Waals surface area (Å²) >= 11 is 0.149. The van der Waals surface area contributed by atoms with Gasteiger partial charge in [0.25, 0.3) is 0 Å². The monoisotopic (exact) mass is 1090 g/mol. The molecule has 0 atom stereocenters. The predicted octanol–water partition coefficient (Wildman–Crippen LogP) is 13.8. The summed E-state index contributed by atoms with van der Waals surface area (Å²) in [6, 6.07) is 0. The number of aliphatic carboxylic acids is 4. The Morgan fingerprint density at radius 2 is 0.379 bits per heavy atom. The third kappa shape index (κ3) is 101. The molecule has 0 amide bonds. The van der Waals surface area contributed by atoms with Crippen molar-refractivity contribution in [3.63, 3.8) is 0 Å². The van der Waals surface area contributed by atoms with Crippen molar-refractivity contribution >= 4 is 45.0 Å². The molecule has 0 unspecified atom stereocenters. The first kappa shape index (κ1) is 76.7. The Balaban J connectivity index is -0.000000171. The third-order valence-electron chi connectivity index (χ3n) is 11.4. The van der Waals surface area contributed by atoms with Gasteiger partial charge >= 0.3 is 86.3 Å². The number of hydrogen-bond acceptors (Lipinski definition) is 8. The van der Waals surface area contributed by atoms with Crippen LogP contribution in [0.5, 0.6) is 0 Å². The summed E-state index contributed by atoms with van der Waals surface area (Å²) in [5.74, 6) is -3.64. The normalized spacial score (nSPS) is 10.0. The van der Waals surface area contributed by atoms with Crippen LogP contribution in [0.25, 0.3) is 0 Å². The van der Waals surface area contributed by atoms with Crippen molar-refractivity contribution in [3.05, 3.63) is 0 Å². The van der Waals surface area contributed by atoms with Gasteiger partial charge in [-0.3, -0.25) is 0 Å². The Kier molecular flexibility index (Phi) is 87.9. The second-order valence-corrected chi connectivity index (χ2v) is 22.5. The van der Waals surface area contributed by atoms with Gasteiger partial charge in [-0.15, -0.1) is 0 Å². The number of carboxylic acids is 4. The van der Waals surface area contributed by atoms with Crippen LogP contribution in [-0.2, 0) is 36.0 Å². The predicted molar refractivity (Wildman–Crippen MR) is 273 cm³/mol. The van der Waals surface area contributed by atoms with E-state index >= 15 is 0 Å². The van der Waals surface area contributed by atoms with Crippen molar-refractivity contribution in [3.8, 4) is 0 Å².